The molecule has 0 saturated carbocycles. The summed E-state index contributed by atoms with van der Waals surface area (Å²) in [6.45, 7) is 2.27. The number of carbonyl (C=O) groups excluding carboxylic acids is 2. The molecule has 0 N–H and O–H groups in total. The molecule has 1 aliphatic rings. The van der Waals surface area contributed by atoms with Gasteiger partial charge in [0.2, 0.25) is 0 Å². The molecule has 7 heteroatoms. The van der Waals surface area contributed by atoms with Crippen LogP contribution in [0, 0.1) is 0 Å². The summed E-state index contributed by atoms with van der Waals surface area (Å²) < 4.78 is 43.6. The van der Waals surface area contributed by atoms with Crippen molar-refractivity contribution in [3.05, 3.63) is 29.3 Å². The Morgan fingerprint density at radius 1 is 1.45 bits per heavy atom. The third-order valence-corrected chi connectivity index (χ3v) is 3.61. The fourth-order valence-corrected chi connectivity index (χ4v) is 2.61. The largest absolute Gasteiger partial charge is 0.464 e. The predicted molar refractivity (Wildman–Crippen MR) is 73.8 cm³/mol. The lowest BCUT2D eigenvalue weighted by molar-refractivity contribution is -0.144. The van der Waals surface area contributed by atoms with Gasteiger partial charge >= 0.3 is 12.1 Å². The molecular weight excluding hydrogens is 299 g/mol. The first-order chi connectivity index (χ1) is 10.4. The van der Waals surface area contributed by atoms with Crippen molar-refractivity contribution in [2.45, 2.75) is 32.0 Å². The van der Waals surface area contributed by atoms with E-state index in [2.05, 4.69) is 0 Å². The van der Waals surface area contributed by atoms with Gasteiger partial charge in [0.1, 0.15) is 6.04 Å². The smallest absolute Gasteiger partial charge is 0.416 e. The van der Waals surface area contributed by atoms with Crippen molar-refractivity contribution in [2.24, 2.45) is 0 Å². The molecule has 120 valence electrons. The van der Waals surface area contributed by atoms with Crippen molar-refractivity contribution in [3.8, 4) is 0 Å². The summed E-state index contributed by atoms with van der Waals surface area (Å²) in [5.41, 5.74) is -0.591. The van der Waals surface area contributed by atoms with Crippen LogP contribution in [-0.2, 0) is 15.7 Å². The van der Waals surface area contributed by atoms with E-state index in [0.29, 0.717) is 25.7 Å². The number of alkyl halides is 3. The standard InChI is InChI=1S/C15H16F3NO3/c1-2-22-14(21)12-4-3-7-19(12)13-8-11(15(16,17)18)6-5-10(13)9-20/h5-6,8-9,12H,2-4,7H2,1H3/t12-/m0/s1. The molecule has 1 heterocycles. The van der Waals surface area contributed by atoms with Crippen molar-refractivity contribution in [3.63, 3.8) is 0 Å². The number of nitrogens with zero attached hydrogens (tertiary/aromatic N) is 1. The average Bonchev–Trinajstić information content (AvgIpc) is 2.95. The van der Waals surface area contributed by atoms with E-state index in [0.717, 1.165) is 18.2 Å². The van der Waals surface area contributed by atoms with Gasteiger partial charge < -0.3 is 9.64 Å². The van der Waals surface area contributed by atoms with E-state index in [4.69, 9.17) is 4.74 Å². The number of rotatable bonds is 4. The highest BCUT2D eigenvalue weighted by atomic mass is 19.4. The summed E-state index contributed by atoms with van der Waals surface area (Å²) in [5.74, 6) is -0.478. The summed E-state index contributed by atoms with van der Waals surface area (Å²) in [6, 6.07) is 2.26. The van der Waals surface area contributed by atoms with E-state index in [1.165, 1.54) is 4.90 Å². The third-order valence-electron chi connectivity index (χ3n) is 3.61. The number of hydrogen-bond acceptors (Lipinski definition) is 4. The van der Waals surface area contributed by atoms with Crippen LogP contribution >= 0.6 is 0 Å². The van der Waals surface area contributed by atoms with Crippen molar-refractivity contribution in [1.82, 2.24) is 0 Å². The zero-order chi connectivity index (χ0) is 16.3. The van der Waals surface area contributed by atoms with Gasteiger partial charge in [-0.3, -0.25) is 4.79 Å². The van der Waals surface area contributed by atoms with Crippen molar-refractivity contribution in [2.75, 3.05) is 18.1 Å². The van der Waals surface area contributed by atoms with E-state index in [1.54, 1.807) is 6.92 Å². The maximum atomic E-state index is 12.9. The van der Waals surface area contributed by atoms with Crippen LogP contribution in [0.15, 0.2) is 18.2 Å². The number of anilines is 1. The van der Waals surface area contributed by atoms with Crippen molar-refractivity contribution in [1.29, 1.82) is 0 Å². The highest BCUT2D eigenvalue weighted by Gasteiger charge is 2.36. The Hall–Kier alpha value is -2.05. The summed E-state index contributed by atoms with van der Waals surface area (Å²) in [5, 5.41) is 0. The summed E-state index contributed by atoms with van der Waals surface area (Å²) in [7, 11) is 0. The highest BCUT2D eigenvalue weighted by Crippen LogP contribution is 2.35. The Bertz CT molecular complexity index is 572. The van der Waals surface area contributed by atoms with E-state index in [-0.39, 0.29) is 17.9 Å². The molecule has 0 aromatic heterocycles. The van der Waals surface area contributed by atoms with Gasteiger partial charge in [0.25, 0.3) is 0 Å². The van der Waals surface area contributed by atoms with Crippen molar-refractivity contribution < 1.29 is 27.5 Å². The molecule has 1 aromatic carbocycles. The lowest BCUT2D eigenvalue weighted by Crippen LogP contribution is -2.38. The number of hydrogen-bond donors (Lipinski definition) is 0. The third kappa shape index (κ3) is 3.23. The SMILES string of the molecule is CCOC(=O)[C@@H]1CCCN1c1cc(C(F)(F)F)ccc1C=O. The van der Waals surface area contributed by atoms with E-state index in [1.807, 2.05) is 0 Å². The number of carbonyl (C=O) groups is 2. The zero-order valence-corrected chi connectivity index (χ0v) is 12.0. The van der Waals surface area contributed by atoms with Gasteiger partial charge in [0.05, 0.1) is 12.2 Å². The van der Waals surface area contributed by atoms with Crippen LogP contribution in [-0.4, -0.2) is 31.4 Å². The molecule has 0 radical (unpaired) electrons. The minimum Gasteiger partial charge on any atom is -0.464 e. The monoisotopic (exact) mass is 315 g/mol. The van der Waals surface area contributed by atoms with Crippen LogP contribution in [0.1, 0.15) is 35.7 Å². The first-order valence-electron chi connectivity index (χ1n) is 6.98. The summed E-state index contributed by atoms with van der Waals surface area (Å²) >= 11 is 0. The topological polar surface area (TPSA) is 46.6 Å². The molecule has 1 fully saturated rings. The van der Waals surface area contributed by atoms with E-state index >= 15 is 0 Å². The second-order valence-electron chi connectivity index (χ2n) is 4.99. The Balaban J connectivity index is 2.41. The highest BCUT2D eigenvalue weighted by molar-refractivity contribution is 5.88. The molecule has 4 nitrogen and oxygen atoms in total. The quantitative estimate of drug-likeness (QED) is 0.633. The summed E-state index contributed by atoms with van der Waals surface area (Å²) in [4.78, 5) is 24.6. The number of ether oxygens (including phenoxy) is 1. The molecule has 2 rings (SSSR count). The Morgan fingerprint density at radius 3 is 2.77 bits per heavy atom. The lowest BCUT2D eigenvalue weighted by Gasteiger charge is -2.27. The summed E-state index contributed by atoms with van der Waals surface area (Å²) in [6.07, 6.45) is -2.86. The Morgan fingerprint density at radius 2 is 2.18 bits per heavy atom. The molecule has 1 aromatic rings. The Labute approximate surface area is 125 Å². The molecule has 0 aliphatic carbocycles. The molecule has 1 aliphatic heterocycles. The first kappa shape index (κ1) is 16.3. The number of aldehydes is 1. The molecule has 1 saturated heterocycles. The minimum absolute atomic E-state index is 0.125. The van der Waals surface area contributed by atoms with Gasteiger partial charge in [-0.1, -0.05) is 0 Å². The van der Waals surface area contributed by atoms with Gasteiger partial charge in [-0.2, -0.15) is 13.2 Å². The van der Waals surface area contributed by atoms with Gasteiger partial charge in [-0.15, -0.1) is 0 Å². The first-order valence-corrected chi connectivity index (χ1v) is 6.98. The molecule has 0 bridgehead atoms. The molecule has 22 heavy (non-hydrogen) atoms. The van der Waals surface area contributed by atoms with Gasteiger partial charge in [0.15, 0.2) is 6.29 Å². The molecule has 0 spiro atoms. The van der Waals surface area contributed by atoms with Crippen LogP contribution in [0.25, 0.3) is 0 Å². The van der Waals surface area contributed by atoms with E-state index in [9.17, 15) is 22.8 Å². The van der Waals surface area contributed by atoms with Crippen LogP contribution < -0.4 is 4.90 Å². The minimum atomic E-state index is -4.50. The predicted octanol–water partition coefficient (Wildman–Crippen LogP) is 3.05. The maximum absolute atomic E-state index is 12.9. The fraction of sp³-hybridized carbons (Fsp3) is 0.467. The van der Waals surface area contributed by atoms with Gasteiger partial charge in [-0.05, 0) is 38.0 Å². The van der Waals surface area contributed by atoms with Crippen molar-refractivity contribution >= 4 is 17.9 Å². The Kier molecular flexibility index (Phi) is 4.73. The van der Waals surface area contributed by atoms with Gasteiger partial charge in [0, 0.05) is 17.8 Å². The van der Waals surface area contributed by atoms with Crippen LogP contribution in [0.2, 0.25) is 0 Å². The van der Waals surface area contributed by atoms with Crippen LogP contribution in [0.3, 0.4) is 0 Å². The fourth-order valence-electron chi connectivity index (χ4n) is 2.61. The van der Waals surface area contributed by atoms with E-state index < -0.39 is 23.8 Å². The molecule has 1 atom stereocenters. The second-order valence-corrected chi connectivity index (χ2v) is 4.99. The molecular formula is C15H16F3NO3. The maximum Gasteiger partial charge on any atom is 0.416 e. The molecule has 0 unspecified atom stereocenters. The average molecular weight is 315 g/mol. The number of esters is 1. The zero-order valence-electron chi connectivity index (χ0n) is 12.0. The lowest BCUT2D eigenvalue weighted by atomic mass is 10.1. The van der Waals surface area contributed by atoms with Gasteiger partial charge in [-0.25, -0.2) is 4.79 Å². The number of halogens is 3. The normalized spacial score (nSPS) is 18.4. The second kappa shape index (κ2) is 6.37. The van der Waals surface area contributed by atoms with Crippen LogP contribution in [0.4, 0.5) is 18.9 Å². The van der Waals surface area contributed by atoms with Crippen LogP contribution in [0.5, 0.6) is 0 Å². The number of benzene rings is 1. The molecule has 0 amide bonds.